The number of ether oxygens (including phenoxy) is 2. The first-order valence-electron chi connectivity index (χ1n) is 13.7. The molecule has 0 radical (unpaired) electrons. The average Bonchev–Trinajstić information content (AvgIpc) is 2.97. The first kappa shape index (κ1) is 26.5. The molecule has 3 N–H and O–H groups in total. The Labute approximate surface area is 236 Å². The van der Waals surface area contributed by atoms with E-state index >= 15 is 4.39 Å². The van der Waals surface area contributed by atoms with Crippen LogP contribution in [0, 0.1) is 5.82 Å². The Bertz CT molecular complexity index is 1540. The van der Waals surface area contributed by atoms with Crippen LogP contribution in [0.25, 0.3) is 10.9 Å². The molecule has 6 rings (SSSR count). The largest absolute Gasteiger partial charge is 0.495 e. The topological polar surface area (TPSA) is 126 Å². The summed E-state index contributed by atoms with van der Waals surface area (Å²) in [6.07, 6.45) is 8.97. The normalized spacial score (nSPS) is 15.7. The van der Waals surface area contributed by atoms with Crippen LogP contribution in [0.3, 0.4) is 0 Å². The van der Waals surface area contributed by atoms with Crippen LogP contribution in [0.4, 0.5) is 27.5 Å². The molecular formula is C29H31FN8O3. The van der Waals surface area contributed by atoms with Crippen molar-refractivity contribution in [3.63, 3.8) is 0 Å². The number of carbonyl (C=O) groups excluding carboxylic acids is 1. The molecule has 41 heavy (non-hydrogen) atoms. The van der Waals surface area contributed by atoms with Gasteiger partial charge in [0.15, 0.2) is 0 Å². The smallest absolute Gasteiger partial charge is 0.226 e. The Morgan fingerprint density at radius 1 is 0.976 bits per heavy atom. The van der Waals surface area contributed by atoms with E-state index < -0.39 is 5.82 Å². The number of halogens is 1. The van der Waals surface area contributed by atoms with Crippen molar-refractivity contribution in [3.05, 3.63) is 54.7 Å². The SMILES string of the molecule is COc1cc2ncnc(Nc3ccc(Oc4ccnc(NC5CCC5)n4)cc3F)c2cc1NC1CCN(C=O)CC1. The number of amides is 1. The number of nitrogens with zero attached hydrogens (tertiary/aromatic N) is 5. The quantitative estimate of drug-likeness (QED) is 0.226. The first-order valence-corrected chi connectivity index (χ1v) is 13.7. The molecule has 0 atom stereocenters. The van der Waals surface area contributed by atoms with Crippen molar-refractivity contribution in [2.75, 3.05) is 36.1 Å². The Hall–Kier alpha value is -4.74. The highest BCUT2D eigenvalue weighted by Crippen LogP contribution is 2.35. The van der Waals surface area contributed by atoms with E-state index in [0.717, 1.165) is 37.8 Å². The number of methoxy groups -OCH3 is 1. The third-order valence-corrected chi connectivity index (χ3v) is 7.48. The van der Waals surface area contributed by atoms with Gasteiger partial charge in [-0.25, -0.2) is 19.3 Å². The lowest BCUT2D eigenvalue weighted by Gasteiger charge is -2.30. The molecule has 3 heterocycles. The van der Waals surface area contributed by atoms with Crippen molar-refractivity contribution in [2.45, 2.75) is 44.2 Å². The van der Waals surface area contributed by atoms with E-state index in [2.05, 4.69) is 35.9 Å². The summed E-state index contributed by atoms with van der Waals surface area (Å²) in [5.74, 6) is 1.72. The van der Waals surface area contributed by atoms with Gasteiger partial charge in [0.1, 0.15) is 29.5 Å². The molecular weight excluding hydrogens is 527 g/mol. The Morgan fingerprint density at radius 2 is 1.80 bits per heavy atom. The fraction of sp³-hybridized carbons (Fsp3) is 0.345. The lowest BCUT2D eigenvalue weighted by molar-refractivity contribution is -0.118. The van der Waals surface area contributed by atoms with Gasteiger partial charge < -0.3 is 30.3 Å². The minimum absolute atomic E-state index is 0.184. The second kappa shape index (κ2) is 11.8. The van der Waals surface area contributed by atoms with Crippen LogP contribution in [0.15, 0.2) is 48.9 Å². The maximum absolute atomic E-state index is 15.2. The fourth-order valence-electron chi connectivity index (χ4n) is 4.95. The Kier molecular flexibility index (Phi) is 7.61. The number of nitrogens with one attached hydrogen (secondary N) is 3. The number of anilines is 4. The van der Waals surface area contributed by atoms with Crippen molar-refractivity contribution < 1.29 is 18.7 Å². The molecule has 1 aliphatic carbocycles. The molecule has 4 aromatic rings. The third-order valence-electron chi connectivity index (χ3n) is 7.48. The zero-order valence-electron chi connectivity index (χ0n) is 22.6. The highest BCUT2D eigenvalue weighted by Gasteiger charge is 2.21. The van der Waals surface area contributed by atoms with E-state index in [9.17, 15) is 4.79 Å². The van der Waals surface area contributed by atoms with Gasteiger partial charge in [0, 0.05) is 55.0 Å². The second-order valence-corrected chi connectivity index (χ2v) is 10.2. The van der Waals surface area contributed by atoms with Crippen molar-refractivity contribution in [1.29, 1.82) is 0 Å². The van der Waals surface area contributed by atoms with Crippen LogP contribution >= 0.6 is 0 Å². The Morgan fingerprint density at radius 3 is 2.54 bits per heavy atom. The zero-order valence-corrected chi connectivity index (χ0v) is 22.6. The van der Waals surface area contributed by atoms with E-state index in [1.54, 1.807) is 36.4 Å². The van der Waals surface area contributed by atoms with Gasteiger partial charge in [0.05, 0.1) is 24.0 Å². The number of rotatable bonds is 10. The summed E-state index contributed by atoms with van der Waals surface area (Å²) >= 11 is 0. The van der Waals surface area contributed by atoms with Gasteiger partial charge >= 0.3 is 0 Å². The highest BCUT2D eigenvalue weighted by molar-refractivity contribution is 5.95. The summed E-state index contributed by atoms with van der Waals surface area (Å²) in [6.45, 7) is 1.39. The summed E-state index contributed by atoms with van der Waals surface area (Å²) in [7, 11) is 1.61. The highest BCUT2D eigenvalue weighted by atomic mass is 19.1. The van der Waals surface area contributed by atoms with Crippen molar-refractivity contribution in [3.8, 4) is 17.4 Å². The standard InChI is InChI=1S/C29H31FN8O3/c1-40-26-15-24-21(14-25(26)34-19-8-11-38(17-39)12-9-19)28(33-16-32-24)36-23-6-5-20(13-22(23)30)41-27-7-10-31-29(37-27)35-18-3-2-4-18/h5-7,10,13-19,34H,2-4,8-9,11-12H2,1H3,(H,31,35,37)(H,32,33,36). The molecule has 2 aromatic heterocycles. The van der Waals surface area contributed by atoms with E-state index in [0.29, 0.717) is 59.2 Å². The molecule has 2 aromatic carbocycles. The summed E-state index contributed by atoms with van der Waals surface area (Å²) in [5.41, 5.74) is 1.66. The molecule has 212 valence electrons. The van der Waals surface area contributed by atoms with Crippen LogP contribution in [0.1, 0.15) is 32.1 Å². The monoisotopic (exact) mass is 558 g/mol. The minimum Gasteiger partial charge on any atom is -0.495 e. The van der Waals surface area contributed by atoms with Crippen LogP contribution in [0.5, 0.6) is 17.4 Å². The third kappa shape index (κ3) is 6.06. The minimum atomic E-state index is -0.509. The fourth-order valence-corrected chi connectivity index (χ4v) is 4.95. The van der Waals surface area contributed by atoms with Gasteiger partial charge in [-0.05, 0) is 50.3 Å². The second-order valence-electron chi connectivity index (χ2n) is 10.2. The first-order chi connectivity index (χ1) is 20.1. The number of hydrogen-bond acceptors (Lipinski definition) is 10. The average molecular weight is 559 g/mol. The number of carbonyl (C=O) groups is 1. The van der Waals surface area contributed by atoms with Crippen molar-refractivity contribution in [2.24, 2.45) is 0 Å². The Balaban J connectivity index is 1.19. The van der Waals surface area contributed by atoms with Crippen LogP contribution < -0.4 is 25.4 Å². The molecule has 0 spiro atoms. The molecule has 1 saturated carbocycles. The maximum atomic E-state index is 15.2. The maximum Gasteiger partial charge on any atom is 0.226 e. The molecule has 0 bridgehead atoms. The lowest BCUT2D eigenvalue weighted by atomic mass is 9.93. The van der Waals surface area contributed by atoms with E-state index in [1.807, 2.05) is 12.1 Å². The summed E-state index contributed by atoms with van der Waals surface area (Å²) < 4.78 is 26.6. The summed E-state index contributed by atoms with van der Waals surface area (Å²) in [6, 6.07) is 10.5. The molecule has 12 heteroatoms. The van der Waals surface area contributed by atoms with Crippen molar-refractivity contribution in [1.82, 2.24) is 24.8 Å². The number of fused-ring (bicyclic) bond motifs is 1. The van der Waals surface area contributed by atoms with E-state index in [-0.39, 0.29) is 11.7 Å². The molecule has 1 aliphatic heterocycles. The van der Waals surface area contributed by atoms with E-state index in [1.165, 1.54) is 18.8 Å². The predicted octanol–water partition coefficient (Wildman–Crippen LogP) is 5.10. The number of likely N-dealkylation sites (tertiary alicyclic amines) is 1. The van der Waals surface area contributed by atoms with Gasteiger partial charge in [-0.15, -0.1) is 0 Å². The van der Waals surface area contributed by atoms with Crippen LogP contribution in [0.2, 0.25) is 0 Å². The van der Waals surface area contributed by atoms with E-state index in [4.69, 9.17) is 9.47 Å². The molecule has 11 nitrogen and oxygen atoms in total. The molecule has 0 unspecified atom stereocenters. The van der Waals surface area contributed by atoms with Gasteiger partial charge in [-0.3, -0.25) is 4.79 Å². The van der Waals surface area contributed by atoms with Gasteiger partial charge in [-0.1, -0.05) is 0 Å². The van der Waals surface area contributed by atoms with Crippen LogP contribution in [-0.4, -0.2) is 63.5 Å². The lowest BCUT2D eigenvalue weighted by Crippen LogP contribution is -2.38. The van der Waals surface area contributed by atoms with Gasteiger partial charge in [0.2, 0.25) is 18.2 Å². The zero-order chi connectivity index (χ0) is 28.2. The summed E-state index contributed by atoms with van der Waals surface area (Å²) in [5, 5.41) is 10.6. The van der Waals surface area contributed by atoms with Gasteiger partial charge in [0.25, 0.3) is 0 Å². The number of benzene rings is 2. The molecule has 2 fully saturated rings. The molecule has 1 saturated heterocycles. The number of piperidine rings is 1. The number of hydrogen-bond donors (Lipinski definition) is 3. The molecule has 1 amide bonds. The van der Waals surface area contributed by atoms with Gasteiger partial charge in [-0.2, -0.15) is 4.98 Å². The van der Waals surface area contributed by atoms with Crippen molar-refractivity contribution >= 4 is 40.5 Å². The number of aromatic nitrogens is 4. The molecule has 2 aliphatic rings. The van der Waals surface area contributed by atoms with Crippen LogP contribution in [-0.2, 0) is 4.79 Å². The summed E-state index contributed by atoms with van der Waals surface area (Å²) in [4.78, 5) is 30.2. The predicted molar refractivity (Wildman–Crippen MR) is 153 cm³/mol.